The number of carboxylic acids is 1. The third-order valence-corrected chi connectivity index (χ3v) is 6.70. The Morgan fingerprint density at radius 2 is 1.93 bits per heavy atom. The number of rotatable bonds is 7. The second-order valence-corrected chi connectivity index (χ2v) is 8.52. The lowest BCUT2D eigenvalue weighted by molar-refractivity contribution is -0.163. The van der Waals surface area contributed by atoms with Crippen molar-refractivity contribution in [3.8, 4) is 0 Å². The molecule has 3 fully saturated rings. The van der Waals surface area contributed by atoms with E-state index in [2.05, 4.69) is 0 Å². The average molecular weight is 406 g/mol. The highest BCUT2D eigenvalue weighted by molar-refractivity contribution is 5.91. The van der Waals surface area contributed by atoms with E-state index in [1.54, 1.807) is 17.1 Å². The number of fused-ring (bicyclic) bond motifs is 1. The van der Waals surface area contributed by atoms with Crippen LogP contribution in [0.4, 0.5) is 0 Å². The molecule has 2 bridgehead atoms. The third kappa shape index (κ3) is 3.21. The molecule has 1 saturated carbocycles. The maximum Gasteiger partial charge on any atom is 0.310 e. The van der Waals surface area contributed by atoms with Crippen LogP contribution in [0.25, 0.3) is 0 Å². The van der Waals surface area contributed by atoms with Gasteiger partial charge in [0.15, 0.2) is 0 Å². The first-order chi connectivity index (χ1) is 13.8. The minimum Gasteiger partial charge on any atom is -0.481 e. The molecule has 9 nitrogen and oxygen atoms in total. The zero-order valence-electron chi connectivity index (χ0n) is 16.2. The van der Waals surface area contributed by atoms with Gasteiger partial charge in [-0.05, 0) is 18.9 Å². The van der Waals surface area contributed by atoms with Crippen LogP contribution < -0.4 is 5.73 Å². The van der Waals surface area contributed by atoms with Crippen LogP contribution in [0.15, 0.2) is 12.2 Å². The van der Waals surface area contributed by atoms with Gasteiger partial charge in [-0.3, -0.25) is 19.2 Å². The molecule has 158 valence electrons. The standard InChI is InChI=1S/C20H26N2O7/c21-13(23)6-7-14(24)28-11-20-9-8-19(29-20)10-22(12-4-2-1-3-5-12)17(25)15(19)16(20)18(26)27/h8-9,12,15-16H,1-7,10-11H2,(H2,21,23)(H,26,27). The quantitative estimate of drug-likeness (QED) is 0.460. The Bertz CT molecular complexity index is 775. The lowest BCUT2D eigenvalue weighted by Gasteiger charge is -2.34. The second kappa shape index (κ2) is 7.12. The van der Waals surface area contributed by atoms with Crippen LogP contribution in [0.1, 0.15) is 44.9 Å². The summed E-state index contributed by atoms with van der Waals surface area (Å²) in [6.45, 7) is 0.0197. The van der Waals surface area contributed by atoms with Crippen molar-refractivity contribution in [2.45, 2.75) is 62.2 Å². The highest BCUT2D eigenvalue weighted by Gasteiger charge is 2.73. The minimum absolute atomic E-state index is 0.129. The average Bonchev–Trinajstić information content (AvgIpc) is 3.30. The Morgan fingerprint density at radius 3 is 2.59 bits per heavy atom. The Kier molecular flexibility index (Phi) is 4.88. The van der Waals surface area contributed by atoms with Crippen molar-refractivity contribution in [1.29, 1.82) is 0 Å². The van der Waals surface area contributed by atoms with Gasteiger partial charge in [0, 0.05) is 12.5 Å². The van der Waals surface area contributed by atoms with E-state index in [9.17, 15) is 24.3 Å². The molecule has 2 saturated heterocycles. The summed E-state index contributed by atoms with van der Waals surface area (Å²) < 4.78 is 11.4. The number of nitrogens with two attached hydrogens (primary N) is 1. The summed E-state index contributed by atoms with van der Waals surface area (Å²) in [6.07, 6.45) is 8.22. The molecule has 0 aromatic carbocycles. The SMILES string of the molecule is NC(=O)CCC(=O)OCC12C=CC3(CN(C4CCCCC4)C(=O)C3C1C(=O)O)O2. The maximum atomic E-state index is 13.2. The number of hydrogen-bond donors (Lipinski definition) is 2. The van der Waals surface area contributed by atoms with E-state index in [0.717, 1.165) is 32.1 Å². The first-order valence-electron chi connectivity index (χ1n) is 10.2. The first kappa shape index (κ1) is 19.9. The van der Waals surface area contributed by atoms with Crippen LogP contribution in [0.3, 0.4) is 0 Å². The Balaban J connectivity index is 1.51. The van der Waals surface area contributed by atoms with Crippen LogP contribution in [-0.4, -0.2) is 64.2 Å². The van der Waals surface area contributed by atoms with Crippen LogP contribution >= 0.6 is 0 Å². The van der Waals surface area contributed by atoms with Gasteiger partial charge in [-0.2, -0.15) is 0 Å². The molecule has 2 amide bonds. The summed E-state index contributed by atoms with van der Waals surface area (Å²) in [4.78, 5) is 49.9. The van der Waals surface area contributed by atoms with Gasteiger partial charge in [0.25, 0.3) is 0 Å². The zero-order valence-corrected chi connectivity index (χ0v) is 16.2. The Hall–Kier alpha value is -2.42. The van der Waals surface area contributed by atoms with Gasteiger partial charge in [-0.25, -0.2) is 0 Å². The molecular weight excluding hydrogens is 380 g/mol. The summed E-state index contributed by atoms with van der Waals surface area (Å²) in [5.41, 5.74) is 2.67. The smallest absolute Gasteiger partial charge is 0.310 e. The molecule has 0 radical (unpaired) electrons. The molecule has 4 rings (SSSR count). The summed E-state index contributed by atoms with van der Waals surface area (Å²) in [5.74, 6) is -4.56. The van der Waals surface area contributed by atoms with Crippen LogP contribution in [-0.2, 0) is 28.7 Å². The molecule has 0 aromatic heterocycles. The van der Waals surface area contributed by atoms with Crippen molar-refractivity contribution in [2.24, 2.45) is 17.6 Å². The van der Waals surface area contributed by atoms with E-state index in [0.29, 0.717) is 6.54 Å². The molecule has 29 heavy (non-hydrogen) atoms. The number of amides is 2. The van der Waals surface area contributed by atoms with E-state index in [-0.39, 0.29) is 31.4 Å². The van der Waals surface area contributed by atoms with E-state index >= 15 is 0 Å². The van der Waals surface area contributed by atoms with Crippen molar-refractivity contribution in [1.82, 2.24) is 4.90 Å². The normalized spacial score (nSPS) is 35.7. The largest absolute Gasteiger partial charge is 0.481 e. The van der Waals surface area contributed by atoms with Crippen molar-refractivity contribution in [3.63, 3.8) is 0 Å². The number of hydrogen-bond acceptors (Lipinski definition) is 6. The molecule has 3 heterocycles. The number of likely N-dealkylation sites (tertiary alicyclic amines) is 1. The van der Waals surface area contributed by atoms with Gasteiger partial charge in [-0.1, -0.05) is 25.3 Å². The third-order valence-electron chi connectivity index (χ3n) is 6.70. The Morgan fingerprint density at radius 1 is 1.21 bits per heavy atom. The van der Waals surface area contributed by atoms with Crippen LogP contribution in [0.5, 0.6) is 0 Å². The molecular formula is C20H26N2O7. The number of carbonyl (C=O) groups is 4. The first-order valence-corrected chi connectivity index (χ1v) is 10.2. The van der Waals surface area contributed by atoms with Gasteiger partial charge in [0.1, 0.15) is 23.7 Å². The fourth-order valence-corrected chi connectivity index (χ4v) is 5.37. The molecule has 3 aliphatic heterocycles. The summed E-state index contributed by atoms with van der Waals surface area (Å²) in [6, 6.07) is 0.129. The topological polar surface area (TPSA) is 136 Å². The monoisotopic (exact) mass is 406 g/mol. The predicted molar refractivity (Wildman–Crippen MR) is 98.3 cm³/mol. The molecule has 4 aliphatic rings. The molecule has 4 atom stereocenters. The van der Waals surface area contributed by atoms with Crippen molar-refractivity contribution >= 4 is 23.8 Å². The zero-order chi connectivity index (χ0) is 20.8. The molecule has 1 aliphatic carbocycles. The molecule has 4 unspecified atom stereocenters. The highest BCUT2D eigenvalue weighted by Crippen LogP contribution is 2.58. The Labute approximate surface area is 168 Å². The van der Waals surface area contributed by atoms with Gasteiger partial charge >= 0.3 is 11.9 Å². The van der Waals surface area contributed by atoms with Crippen molar-refractivity contribution < 1.29 is 33.8 Å². The van der Waals surface area contributed by atoms with Gasteiger partial charge in [-0.15, -0.1) is 0 Å². The fraction of sp³-hybridized carbons (Fsp3) is 0.700. The number of ether oxygens (including phenoxy) is 2. The number of primary amides is 1. The molecule has 9 heteroatoms. The van der Waals surface area contributed by atoms with E-state index in [1.165, 1.54) is 0 Å². The lowest BCUT2D eigenvalue weighted by Crippen LogP contribution is -2.48. The van der Waals surface area contributed by atoms with Gasteiger partial charge < -0.3 is 25.2 Å². The molecule has 0 aromatic rings. The summed E-state index contributed by atoms with van der Waals surface area (Å²) >= 11 is 0. The second-order valence-electron chi connectivity index (χ2n) is 8.52. The van der Waals surface area contributed by atoms with Crippen molar-refractivity contribution in [3.05, 3.63) is 12.2 Å². The van der Waals surface area contributed by atoms with Gasteiger partial charge in [0.2, 0.25) is 11.8 Å². The number of carbonyl (C=O) groups excluding carboxylic acids is 3. The van der Waals surface area contributed by atoms with E-state index in [1.807, 2.05) is 0 Å². The highest BCUT2D eigenvalue weighted by atomic mass is 16.6. The van der Waals surface area contributed by atoms with E-state index in [4.69, 9.17) is 15.2 Å². The number of nitrogens with zero attached hydrogens (tertiary/aromatic N) is 1. The van der Waals surface area contributed by atoms with Crippen LogP contribution in [0.2, 0.25) is 0 Å². The van der Waals surface area contributed by atoms with E-state index < -0.39 is 40.9 Å². The fourth-order valence-electron chi connectivity index (χ4n) is 5.37. The number of esters is 1. The summed E-state index contributed by atoms with van der Waals surface area (Å²) in [7, 11) is 0. The van der Waals surface area contributed by atoms with Crippen LogP contribution in [0, 0.1) is 11.8 Å². The number of carboxylic acid groups (broad SMARTS) is 1. The summed E-state index contributed by atoms with van der Waals surface area (Å²) in [5, 5.41) is 9.91. The molecule has 1 spiro atoms. The van der Waals surface area contributed by atoms with Crippen molar-refractivity contribution in [2.75, 3.05) is 13.2 Å². The minimum atomic E-state index is -1.37. The maximum absolute atomic E-state index is 13.2. The number of aliphatic carboxylic acids is 1. The van der Waals surface area contributed by atoms with Gasteiger partial charge in [0.05, 0.1) is 18.9 Å². The molecule has 3 N–H and O–H groups in total. The lowest BCUT2D eigenvalue weighted by atomic mass is 9.72. The predicted octanol–water partition coefficient (Wildman–Crippen LogP) is 0.365.